The molecule has 68 heavy (non-hydrogen) atoms. The minimum Gasteiger partial charge on any atom is -0.394 e. The number of hydrogen-bond acceptors (Lipinski definition) is 8. The number of nitrogens with one attached hydrogen (secondary N) is 1. The number of aliphatic hydroxyl groups excluding tert-OH is 5. The number of aliphatic hydroxyl groups is 5. The van der Waals surface area contributed by atoms with Crippen molar-refractivity contribution in [3.05, 3.63) is 48.6 Å². The summed E-state index contributed by atoms with van der Waals surface area (Å²) in [6.07, 6.45) is 57.7. The van der Waals surface area contributed by atoms with E-state index in [0.717, 1.165) is 51.4 Å². The van der Waals surface area contributed by atoms with Crippen LogP contribution < -0.4 is 5.32 Å². The van der Waals surface area contributed by atoms with E-state index >= 15 is 0 Å². The van der Waals surface area contributed by atoms with Gasteiger partial charge < -0.3 is 40.3 Å². The second kappa shape index (κ2) is 48.8. The van der Waals surface area contributed by atoms with Crippen molar-refractivity contribution in [2.24, 2.45) is 0 Å². The predicted molar refractivity (Wildman–Crippen MR) is 286 cm³/mol. The molecule has 1 fully saturated rings. The van der Waals surface area contributed by atoms with Gasteiger partial charge >= 0.3 is 0 Å². The highest BCUT2D eigenvalue weighted by atomic mass is 16.7. The van der Waals surface area contributed by atoms with Crippen LogP contribution >= 0.6 is 0 Å². The Kier molecular flexibility index (Phi) is 46.0. The van der Waals surface area contributed by atoms with Crippen LogP contribution in [0, 0.1) is 0 Å². The molecule has 0 saturated carbocycles. The summed E-state index contributed by atoms with van der Waals surface area (Å²) in [6.45, 7) is 3.75. The standard InChI is InChI=1S/C59H109NO8/c1-3-5-7-9-11-13-15-17-19-20-21-22-23-24-25-26-27-28-29-30-31-32-33-34-35-37-39-41-43-45-47-49-55(63)60-52(51-67-59-58(66)57(65)56(64)54(50-61)68-59)53(62)48-46-44-42-40-38-36-18-16-14-12-10-8-6-4-2/h14,16,24-25,38,40,46,48,52-54,56-59,61-62,64-66H,3-13,15,17-23,26-37,39,41-45,47,49-51H2,1-2H3,(H,60,63)/b16-14+,25-24-,40-38+,48-46+. The molecule has 1 amide bonds. The molecule has 1 aliphatic rings. The van der Waals surface area contributed by atoms with Crippen LogP contribution in [0.4, 0.5) is 0 Å². The van der Waals surface area contributed by atoms with Crippen molar-refractivity contribution in [1.82, 2.24) is 5.32 Å². The first kappa shape index (κ1) is 64.2. The number of carbonyl (C=O) groups excluding carboxylic acids is 1. The summed E-state index contributed by atoms with van der Waals surface area (Å²) >= 11 is 0. The van der Waals surface area contributed by atoms with Crippen molar-refractivity contribution in [2.45, 2.75) is 307 Å². The topological polar surface area (TPSA) is 149 Å². The van der Waals surface area contributed by atoms with Crippen LogP contribution in [-0.2, 0) is 14.3 Å². The van der Waals surface area contributed by atoms with E-state index in [-0.39, 0.29) is 12.5 Å². The lowest BCUT2D eigenvalue weighted by molar-refractivity contribution is -0.302. The minimum absolute atomic E-state index is 0.189. The molecular weight excluding hydrogens is 851 g/mol. The van der Waals surface area contributed by atoms with E-state index in [1.165, 1.54) is 193 Å². The molecule has 1 heterocycles. The lowest BCUT2D eigenvalue weighted by Crippen LogP contribution is -2.60. The molecule has 9 nitrogen and oxygen atoms in total. The molecule has 398 valence electrons. The second-order valence-electron chi connectivity index (χ2n) is 20.1. The Balaban J connectivity index is 2.15. The normalized spacial score (nSPS) is 19.9. The van der Waals surface area contributed by atoms with Gasteiger partial charge in [0.1, 0.15) is 24.4 Å². The molecule has 0 aromatic heterocycles. The van der Waals surface area contributed by atoms with E-state index < -0.39 is 49.5 Å². The third kappa shape index (κ3) is 37.9. The van der Waals surface area contributed by atoms with Gasteiger partial charge in [-0.05, 0) is 70.6 Å². The third-order valence-electron chi connectivity index (χ3n) is 13.6. The highest BCUT2D eigenvalue weighted by Crippen LogP contribution is 2.23. The van der Waals surface area contributed by atoms with Gasteiger partial charge in [-0.25, -0.2) is 0 Å². The van der Waals surface area contributed by atoms with E-state index in [9.17, 15) is 30.3 Å². The van der Waals surface area contributed by atoms with Crippen molar-refractivity contribution >= 4 is 5.91 Å². The fraction of sp³-hybridized carbons (Fsp3) is 0.847. The van der Waals surface area contributed by atoms with Crippen LogP contribution in [0.3, 0.4) is 0 Å². The van der Waals surface area contributed by atoms with E-state index in [4.69, 9.17) is 9.47 Å². The first-order chi connectivity index (χ1) is 33.3. The predicted octanol–water partition coefficient (Wildman–Crippen LogP) is 14.1. The first-order valence-electron chi connectivity index (χ1n) is 28.9. The summed E-state index contributed by atoms with van der Waals surface area (Å²) in [5.41, 5.74) is 0. The van der Waals surface area contributed by atoms with Crippen molar-refractivity contribution < 1.29 is 39.8 Å². The maximum absolute atomic E-state index is 13.0. The van der Waals surface area contributed by atoms with E-state index in [0.29, 0.717) is 6.42 Å². The zero-order valence-corrected chi connectivity index (χ0v) is 44.1. The second-order valence-corrected chi connectivity index (χ2v) is 20.1. The molecule has 9 heteroatoms. The fourth-order valence-corrected chi connectivity index (χ4v) is 9.01. The van der Waals surface area contributed by atoms with Crippen molar-refractivity contribution in [1.29, 1.82) is 0 Å². The molecular formula is C59H109NO8. The highest BCUT2D eigenvalue weighted by Gasteiger charge is 2.44. The molecule has 1 aliphatic heterocycles. The van der Waals surface area contributed by atoms with E-state index in [1.54, 1.807) is 6.08 Å². The molecule has 6 N–H and O–H groups in total. The summed E-state index contributed by atoms with van der Waals surface area (Å²) in [5.74, 6) is -0.189. The number of carbonyl (C=O) groups is 1. The van der Waals surface area contributed by atoms with Gasteiger partial charge in [-0.15, -0.1) is 0 Å². The zero-order chi connectivity index (χ0) is 49.4. The summed E-state index contributed by atoms with van der Waals surface area (Å²) in [6, 6.07) is -0.827. The number of rotatable bonds is 49. The van der Waals surface area contributed by atoms with Crippen LogP contribution in [0.15, 0.2) is 48.6 Å². The molecule has 0 radical (unpaired) electrons. The summed E-state index contributed by atoms with van der Waals surface area (Å²) < 4.78 is 11.2. The molecule has 1 saturated heterocycles. The molecule has 0 aromatic carbocycles. The Morgan fingerprint density at radius 3 is 1.25 bits per heavy atom. The van der Waals surface area contributed by atoms with Gasteiger partial charge in [-0.1, -0.05) is 236 Å². The van der Waals surface area contributed by atoms with Crippen molar-refractivity contribution in [2.75, 3.05) is 13.2 Å². The maximum atomic E-state index is 13.0. The number of ether oxygens (including phenoxy) is 2. The van der Waals surface area contributed by atoms with E-state index in [1.807, 2.05) is 6.08 Å². The Morgan fingerprint density at radius 1 is 0.485 bits per heavy atom. The Bertz CT molecular complexity index is 1210. The number of hydrogen-bond donors (Lipinski definition) is 6. The molecule has 0 aromatic rings. The quantitative estimate of drug-likeness (QED) is 0.0261. The largest absolute Gasteiger partial charge is 0.394 e. The van der Waals surface area contributed by atoms with Gasteiger partial charge in [-0.2, -0.15) is 0 Å². The summed E-state index contributed by atoms with van der Waals surface area (Å²) in [7, 11) is 0. The third-order valence-corrected chi connectivity index (χ3v) is 13.6. The van der Waals surface area contributed by atoms with Crippen LogP contribution in [0.5, 0.6) is 0 Å². The Hall–Kier alpha value is -1.85. The number of amides is 1. The van der Waals surface area contributed by atoms with Gasteiger partial charge in [0.25, 0.3) is 0 Å². The Morgan fingerprint density at radius 2 is 0.838 bits per heavy atom. The van der Waals surface area contributed by atoms with Gasteiger partial charge in [0.15, 0.2) is 6.29 Å². The molecule has 0 bridgehead atoms. The van der Waals surface area contributed by atoms with Gasteiger partial charge in [0.05, 0.1) is 25.4 Å². The van der Waals surface area contributed by atoms with Gasteiger partial charge in [0.2, 0.25) is 5.91 Å². The van der Waals surface area contributed by atoms with Gasteiger partial charge in [-0.3, -0.25) is 4.79 Å². The lowest BCUT2D eigenvalue weighted by Gasteiger charge is -2.40. The molecule has 7 atom stereocenters. The van der Waals surface area contributed by atoms with Crippen LogP contribution in [-0.4, -0.2) is 87.5 Å². The monoisotopic (exact) mass is 960 g/mol. The average Bonchev–Trinajstić information content (AvgIpc) is 3.34. The molecule has 0 aliphatic carbocycles. The highest BCUT2D eigenvalue weighted by molar-refractivity contribution is 5.76. The smallest absolute Gasteiger partial charge is 0.220 e. The maximum Gasteiger partial charge on any atom is 0.220 e. The van der Waals surface area contributed by atoms with Crippen LogP contribution in [0.1, 0.15) is 264 Å². The van der Waals surface area contributed by atoms with Crippen LogP contribution in [0.25, 0.3) is 0 Å². The summed E-state index contributed by atoms with van der Waals surface area (Å²) in [4.78, 5) is 13.0. The van der Waals surface area contributed by atoms with Crippen molar-refractivity contribution in [3.8, 4) is 0 Å². The first-order valence-corrected chi connectivity index (χ1v) is 28.9. The van der Waals surface area contributed by atoms with Gasteiger partial charge in [0, 0.05) is 6.42 Å². The lowest BCUT2D eigenvalue weighted by atomic mass is 9.99. The average molecular weight is 961 g/mol. The zero-order valence-electron chi connectivity index (χ0n) is 44.1. The fourth-order valence-electron chi connectivity index (χ4n) is 9.01. The SMILES string of the molecule is CCCCCC/C=C/CC/C=C/CC/C=C/C(O)C(COC1OC(CO)C(O)C(O)C1O)NC(=O)CCCCCCCCCCCCCCCCC/C=C\CCCCCCCCCCCCCC. The number of unbranched alkanes of at least 4 members (excludes halogenated alkanes) is 33. The minimum atomic E-state index is -1.57. The molecule has 1 rings (SSSR count). The number of allylic oxidation sites excluding steroid dienone is 7. The molecule has 0 spiro atoms. The Labute approximate surface area is 418 Å². The molecule has 7 unspecified atom stereocenters. The van der Waals surface area contributed by atoms with E-state index in [2.05, 4.69) is 55.6 Å². The van der Waals surface area contributed by atoms with Crippen molar-refractivity contribution in [3.63, 3.8) is 0 Å². The van der Waals surface area contributed by atoms with Crippen LogP contribution in [0.2, 0.25) is 0 Å². The summed E-state index contributed by atoms with van der Waals surface area (Å²) in [5, 5.41) is 54.3.